The van der Waals surface area contributed by atoms with E-state index in [1.807, 2.05) is 37.3 Å². The van der Waals surface area contributed by atoms with Crippen molar-refractivity contribution in [2.24, 2.45) is 5.92 Å². The molecule has 0 spiro atoms. The molecule has 0 unspecified atom stereocenters. The van der Waals surface area contributed by atoms with Crippen LogP contribution in [-0.4, -0.2) is 43.0 Å². The maximum atomic E-state index is 12.7. The fourth-order valence-electron chi connectivity index (χ4n) is 3.50. The quantitative estimate of drug-likeness (QED) is 0.722. The Balaban J connectivity index is 1.82. The van der Waals surface area contributed by atoms with Gasteiger partial charge in [-0.15, -0.1) is 11.3 Å². The number of piperidine rings is 1. The molecule has 1 aromatic heterocycles. The molecule has 150 valence electrons. The number of hydrogen-bond donors (Lipinski definition) is 1. The Bertz CT molecular complexity index is 824. The van der Waals surface area contributed by atoms with Crippen LogP contribution < -0.4 is 5.32 Å². The number of carbonyl (C=O) groups is 2. The number of ether oxygens (including phenoxy) is 1. The van der Waals surface area contributed by atoms with Gasteiger partial charge in [-0.25, -0.2) is 4.79 Å². The van der Waals surface area contributed by atoms with Gasteiger partial charge in [-0.05, 0) is 56.8 Å². The van der Waals surface area contributed by atoms with Gasteiger partial charge in [0.25, 0.3) is 0 Å². The Morgan fingerprint density at radius 2 is 1.89 bits per heavy atom. The van der Waals surface area contributed by atoms with Crippen LogP contribution in [-0.2, 0) is 9.53 Å². The van der Waals surface area contributed by atoms with Crippen molar-refractivity contribution in [1.29, 1.82) is 0 Å². The standard InChI is InChI=1S/C22H28N2O3S/c1-4-27-22(26)19-16(3)20(17-8-6-5-7-9-17)28-21(19)23-18(25)14-24-12-10-15(2)11-13-24/h5-9,15H,4,10-14H2,1-3H3,(H,23,25). The fourth-order valence-corrected chi connectivity index (χ4v) is 4.72. The zero-order valence-electron chi connectivity index (χ0n) is 16.8. The Kier molecular flexibility index (Phi) is 6.86. The van der Waals surface area contributed by atoms with Crippen LogP contribution in [0, 0.1) is 12.8 Å². The molecule has 1 amide bonds. The summed E-state index contributed by atoms with van der Waals surface area (Å²) in [6.07, 6.45) is 2.25. The summed E-state index contributed by atoms with van der Waals surface area (Å²) in [6.45, 7) is 8.49. The minimum atomic E-state index is -0.388. The van der Waals surface area contributed by atoms with Gasteiger partial charge in [0.2, 0.25) is 5.91 Å². The van der Waals surface area contributed by atoms with Gasteiger partial charge in [0.15, 0.2) is 0 Å². The Hall–Kier alpha value is -2.18. The second kappa shape index (κ2) is 9.34. The topological polar surface area (TPSA) is 58.6 Å². The van der Waals surface area contributed by atoms with Crippen molar-refractivity contribution in [2.75, 3.05) is 31.6 Å². The largest absolute Gasteiger partial charge is 0.462 e. The van der Waals surface area contributed by atoms with Gasteiger partial charge in [-0.2, -0.15) is 0 Å². The molecule has 5 nitrogen and oxygen atoms in total. The average Bonchev–Trinajstić information content (AvgIpc) is 3.00. The second-order valence-electron chi connectivity index (χ2n) is 7.35. The minimum Gasteiger partial charge on any atom is -0.462 e. The van der Waals surface area contributed by atoms with Crippen LogP contribution in [0.5, 0.6) is 0 Å². The van der Waals surface area contributed by atoms with E-state index in [1.165, 1.54) is 11.3 Å². The van der Waals surface area contributed by atoms with Crippen LogP contribution in [0.2, 0.25) is 0 Å². The Morgan fingerprint density at radius 3 is 2.54 bits per heavy atom. The smallest absolute Gasteiger partial charge is 0.341 e. The lowest BCUT2D eigenvalue weighted by molar-refractivity contribution is -0.117. The van der Waals surface area contributed by atoms with Crippen LogP contribution >= 0.6 is 11.3 Å². The molecule has 0 atom stereocenters. The SMILES string of the molecule is CCOC(=O)c1c(NC(=O)CN2CCC(C)CC2)sc(-c2ccccc2)c1C. The number of thiophene rings is 1. The van der Waals surface area contributed by atoms with Gasteiger partial charge in [0.05, 0.1) is 18.7 Å². The number of nitrogens with zero attached hydrogens (tertiary/aromatic N) is 1. The van der Waals surface area contributed by atoms with E-state index in [-0.39, 0.29) is 11.9 Å². The van der Waals surface area contributed by atoms with Crippen molar-refractivity contribution in [3.8, 4) is 10.4 Å². The average molecular weight is 401 g/mol. The molecule has 3 rings (SSSR count). The lowest BCUT2D eigenvalue weighted by Gasteiger charge is -2.29. The zero-order chi connectivity index (χ0) is 20.1. The summed E-state index contributed by atoms with van der Waals surface area (Å²) >= 11 is 1.43. The molecular weight excluding hydrogens is 372 g/mol. The first-order chi connectivity index (χ1) is 13.5. The highest BCUT2D eigenvalue weighted by Gasteiger charge is 2.25. The molecule has 1 aromatic carbocycles. The first-order valence-corrected chi connectivity index (χ1v) is 10.7. The summed E-state index contributed by atoms with van der Waals surface area (Å²) in [5, 5.41) is 3.55. The summed E-state index contributed by atoms with van der Waals surface area (Å²) in [6, 6.07) is 9.91. The van der Waals surface area contributed by atoms with Crippen molar-refractivity contribution in [2.45, 2.75) is 33.6 Å². The molecule has 1 aliphatic heterocycles. The molecule has 6 heteroatoms. The summed E-state index contributed by atoms with van der Waals surface area (Å²) in [5.74, 6) is 0.254. The van der Waals surface area contributed by atoms with Crippen LogP contribution in [0.4, 0.5) is 5.00 Å². The van der Waals surface area contributed by atoms with Crippen molar-refractivity contribution < 1.29 is 14.3 Å². The number of likely N-dealkylation sites (tertiary alicyclic amines) is 1. The second-order valence-corrected chi connectivity index (χ2v) is 8.37. The number of anilines is 1. The molecule has 0 bridgehead atoms. The summed E-state index contributed by atoms with van der Waals surface area (Å²) in [5.41, 5.74) is 2.34. The predicted molar refractivity (Wildman–Crippen MR) is 114 cm³/mol. The highest BCUT2D eigenvalue weighted by molar-refractivity contribution is 7.20. The number of amides is 1. The molecule has 2 aromatic rings. The van der Waals surface area contributed by atoms with E-state index in [2.05, 4.69) is 17.1 Å². The number of rotatable bonds is 6. The van der Waals surface area contributed by atoms with E-state index in [0.717, 1.165) is 47.9 Å². The Labute approximate surface area is 170 Å². The summed E-state index contributed by atoms with van der Waals surface area (Å²) < 4.78 is 5.25. The molecular formula is C22H28N2O3S. The van der Waals surface area contributed by atoms with E-state index in [0.29, 0.717) is 23.7 Å². The van der Waals surface area contributed by atoms with Gasteiger partial charge >= 0.3 is 5.97 Å². The molecule has 1 fully saturated rings. The van der Waals surface area contributed by atoms with E-state index in [9.17, 15) is 9.59 Å². The lowest BCUT2D eigenvalue weighted by atomic mass is 9.99. The highest BCUT2D eigenvalue weighted by Crippen LogP contribution is 2.40. The number of esters is 1. The first-order valence-electron chi connectivity index (χ1n) is 9.87. The third kappa shape index (κ3) is 4.80. The van der Waals surface area contributed by atoms with Crippen LogP contribution in [0.3, 0.4) is 0 Å². The van der Waals surface area contributed by atoms with E-state index in [1.54, 1.807) is 6.92 Å². The third-order valence-corrected chi connectivity index (χ3v) is 6.42. The van der Waals surface area contributed by atoms with E-state index < -0.39 is 0 Å². The van der Waals surface area contributed by atoms with Gasteiger partial charge < -0.3 is 10.1 Å². The molecule has 1 saturated heterocycles. The fraction of sp³-hybridized carbons (Fsp3) is 0.455. The predicted octanol–water partition coefficient (Wildman–Crippen LogP) is 4.57. The van der Waals surface area contributed by atoms with Gasteiger partial charge in [-0.3, -0.25) is 9.69 Å². The molecule has 0 saturated carbocycles. The maximum absolute atomic E-state index is 12.7. The Morgan fingerprint density at radius 1 is 1.21 bits per heavy atom. The van der Waals surface area contributed by atoms with Crippen molar-refractivity contribution in [3.05, 3.63) is 41.5 Å². The van der Waals surface area contributed by atoms with Gasteiger partial charge in [-0.1, -0.05) is 37.3 Å². The first kappa shape index (κ1) is 20.6. The monoisotopic (exact) mass is 400 g/mol. The maximum Gasteiger partial charge on any atom is 0.341 e. The van der Waals surface area contributed by atoms with E-state index in [4.69, 9.17) is 4.74 Å². The molecule has 1 aliphatic rings. The van der Waals surface area contributed by atoms with Gasteiger partial charge in [0.1, 0.15) is 5.00 Å². The van der Waals surface area contributed by atoms with Gasteiger partial charge in [0, 0.05) is 4.88 Å². The number of hydrogen-bond acceptors (Lipinski definition) is 5. The van der Waals surface area contributed by atoms with Crippen molar-refractivity contribution in [1.82, 2.24) is 4.90 Å². The van der Waals surface area contributed by atoms with Crippen LogP contribution in [0.15, 0.2) is 30.3 Å². The summed E-state index contributed by atoms with van der Waals surface area (Å²) in [4.78, 5) is 28.4. The molecule has 0 radical (unpaired) electrons. The number of benzene rings is 1. The lowest BCUT2D eigenvalue weighted by Crippen LogP contribution is -2.38. The molecule has 0 aliphatic carbocycles. The zero-order valence-corrected chi connectivity index (χ0v) is 17.6. The van der Waals surface area contributed by atoms with Crippen LogP contribution in [0.25, 0.3) is 10.4 Å². The van der Waals surface area contributed by atoms with E-state index >= 15 is 0 Å². The highest BCUT2D eigenvalue weighted by atomic mass is 32.1. The van der Waals surface area contributed by atoms with Crippen molar-refractivity contribution >= 4 is 28.2 Å². The summed E-state index contributed by atoms with van der Waals surface area (Å²) in [7, 11) is 0. The number of nitrogens with one attached hydrogen (secondary N) is 1. The minimum absolute atomic E-state index is 0.0824. The molecule has 1 N–H and O–H groups in total. The van der Waals surface area contributed by atoms with Crippen LogP contribution in [0.1, 0.15) is 42.6 Å². The normalized spacial score (nSPS) is 15.4. The van der Waals surface area contributed by atoms with Crippen molar-refractivity contribution in [3.63, 3.8) is 0 Å². The molecule has 28 heavy (non-hydrogen) atoms. The third-order valence-electron chi connectivity index (χ3n) is 5.16. The number of carbonyl (C=O) groups excluding carboxylic acids is 2. The molecule has 2 heterocycles.